The van der Waals surface area contributed by atoms with Crippen molar-refractivity contribution in [2.45, 2.75) is 112 Å². The summed E-state index contributed by atoms with van der Waals surface area (Å²) in [6.45, 7) is 15.4. The number of alkyl carbamates (subject to hydrolysis) is 1. The standard InChI is InChI=1S/C33H49N3O4/c1-9-10-11-12-13-16-22-36(31(38)26(5)34-32(39)40-33(6,7)8)29(27-21-15-14-18-23(27)2)30(37)35-28-24(3)19-17-20-25(28)4/h14-15,17-21,26,29H,9-13,16,22H2,1-8H3,(H,34,39)(H,35,37). The van der Waals surface area contributed by atoms with E-state index in [1.54, 1.807) is 32.6 Å². The summed E-state index contributed by atoms with van der Waals surface area (Å²) in [5.74, 6) is -0.611. The number of amides is 3. The van der Waals surface area contributed by atoms with Gasteiger partial charge >= 0.3 is 6.09 Å². The van der Waals surface area contributed by atoms with Gasteiger partial charge in [0.2, 0.25) is 5.91 Å². The van der Waals surface area contributed by atoms with E-state index in [-0.39, 0.29) is 11.8 Å². The highest BCUT2D eigenvalue weighted by atomic mass is 16.6. The summed E-state index contributed by atoms with van der Waals surface area (Å²) >= 11 is 0. The molecule has 0 aliphatic heterocycles. The fraction of sp³-hybridized carbons (Fsp3) is 0.545. The first kappa shape index (κ1) is 32.9. The fourth-order valence-electron chi connectivity index (χ4n) is 4.77. The molecule has 0 fully saturated rings. The van der Waals surface area contributed by atoms with Crippen LogP contribution in [0.5, 0.6) is 0 Å². The molecule has 3 amide bonds. The van der Waals surface area contributed by atoms with Crippen LogP contribution in [0, 0.1) is 20.8 Å². The molecule has 0 saturated carbocycles. The summed E-state index contributed by atoms with van der Waals surface area (Å²) in [6, 6.07) is 11.8. The van der Waals surface area contributed by atoms with Crippen LogP contribution in [0.25, 0.3) is 0 Å². The highest BCUT2D eigenvalue weighted by molar-refractivity contribution is 6.00. The van der Waals surface area contributed by atoms with Crippen molar-refractivity contribution in [2.75, 3.05) is 11.9 Å². The van der Waals surface area contributed by atoms with Gasteiger partial charge < -0.3 is 20.3 Å². The lowest BCUT2D eigenvalue weighted by atomic mass is 9.97. The van der Waals surface area contributed by atoms with Crippen molar-refractivity contribution >= 4 is 23.6 Å². The molecule has 7 heteroatoms. The van der Waals surface area contributed by atoms with E-state index in [1.165, 1.54) is 6.42 Å². The van der Waals surface area contributed by atoms with E-state index >= 15 is 0 Å². The number of hydrogen-bond donors (Lipinski definition) is 2. The number of rotatable bonds is 13. The predicted molar refractivity (Wildman–Crippen MR) is 162 cm³/mol. The van der Waals surface area contributed by atoms with E-state index in [1.807, 2.05) is 63.2 Å². The van der Waals surface area contributed by atoms with Crippen LogP contribution in [0.2, 0.25) is 0 Å². The molecule has 0 heterocycles. The third-order valence-corrected chi connectivity index (χ3v) is 6.91. The predicted octanol–water partition coefficient (Wildman–Crippen LogP) is 7.39. The van der Waals surface area contributed by atoms with Crippen molar-refractivity contribution in [1.82, 2.24) is 10.2 Å². The highest BCUT2D eigenvalue weighted by Crippen LogP contribution is 2.29. The number of nitrogens with zero attached hydrogens (tertiary/aromatic N) is 1. The molecule has 2 unspecified atom stereocenters. The van der Waals surface area contributed by atoms with Crippen LogP contribution < -0.4 is 10.6 Å². The molecular formula is C33H49N3O4. The topological polar surface area (TPSA) is 87.7 Å². The Morgan fingerprint density at radius 3 is 2.02 bits per heavy atom. The van der Waals surface area contributed by atoms with Gasteiger partial charge in [-0.1, -0.05) is 81.5 Å². The van der Waals surface area contributed by atoms with Gasteiger partial charge in [0.25, 0.3) is 5.91 Å². The third kappa shape index (κ3) is 10.00. The van der Waals surface area contributed by atoms with E-state index < -0.39 is 23.8 Å². The van der Waals surface area contributed by atoms with E-state index in [9.17, 15) is 14.4 Å². The van der Waals surface area contributed by atoms with Crippen LogP contribution in [-0.2, 0) is 14.3 Å². The third-order valence-electron chi connectivity index (χ3n) is 6.91. The smallest absolute Gasteiger partial charge is 0.408 e. The van der Waals surface area contributed by atoms with Gasteiger partial charge in [-0.3, -0.25) is 9.59 Å². The maximum atomic E-state index is 14.1. The Hall–Kier alpha value is -3.35. The second-order valence-corrected chi connectivity index (χ2v) is 11.7. The minimum absolute atomic E-state index is 0.282. The monoisotopic (exact) mass is 551 g/mol. The Kier molecular flexibility index (Phi) is 12.7. The molecule has 2 atom stereocenters. The highest BCUT2D eigenvalue weighted by Gasteiger charge is 2.35. The average molecular weight is 552 g/mol. The zero-order valence-corrected chi connectivity index (χ0v) is 25.7. The van der Waals surface area contributed by atoms with Gasteiger partial charge in [0.05, 0.1) is 0 Å². The number of unbranched alkanes of at least 4 members (excludes halogenated alkanes) is 5. The van der Waals surface area contributed by atoms with Gasteiger partial charge in [0.1, 0.15) is 17.7 Å². The van der Waals surface area contributed by atoms with Crippen LogP contribution >= 0.6 is 0 Å². The van der Waals surface area contributed by atoms with Crippen LogP contribution in [0.15, 0.2) is 42.5 Å². The van der Waals surface area contributed by atoms with Crippen LogP contribution in [-0.4, -0.2) is 41.0 Å². The second kappa shape index (κ2) is 15.4. The number of nitrogens with one attached hydrogen (secondary N) is 2. The number of benzene rings is 2. The Labute approximate surface area is 241 Å². The van der Waals surface area contributed by atoms with Crippen molar-refractivity contribution in [1.29, 1.82) is 0 Å². The zero-order chi connectivity index (χ0) is 29.9. The molecule has 2 aromatic rings. The van der Waals surface area contributed by atoms with Gasteiger partial charge in [0, 0.05) is 12.2 Å². The lowest BCUT2D eigenvalue weighted by Gasteiger charge is -2.34. The number of ether oxygens (including phenoxy) is 1. The number of para-hydroxylation sites is 1. The first-order valence-electron chi connectivity index (χ1n) is 14.6. The van der Waals surface area contributed by atoms with Gasteiger partial charge in [-0.15, -0.1) is 0 Å². The first-order chi connectivity index (χ1) is 18.9. The molecule has 2 rings (SSSR count). The molecule has 7 nitrogen and oxygen atoms in total. The van der Waals surface area contributed by atoms with E-state index in [2.05, 4.69) is 17.6 Å². The quantitative estimate of drug-likeness (QED) is 0.254. The van der Waals surface area contributed by atoms with Crippen molar-refractivity contribution in [3.63, 3.8) is 0 Å². The molecule has 0 aliphatic rings. The van der Waals surface area contributed by atoms with Gasteiger partial charge in [0.15, 0.2) is 0 Å². The molecule has 40 heavy (non-hydrogen) atoms. The average Bonchev–Trinajstić information content (AvgIpc) is 2.86. The molecule has 0 bridgehead atoms. The Bertz CT molecular complexity index is 1120. The van der Waals surface area contributed by atoms with Crippen molar-refractivity contribution in [2.24, 2.45) is 0 Å². The molecule has 0 spiro atoms. The number of anilines is 1. The van der Waals surface area contributed by atoms with E-state index in [0.29, 0.717) is 6.54 Å². The normalized spacial score (nSPS) is 12.8. The molecule has 0 aromatic heterocycles. The van der Waals surface area contributed by atoms with E-state index in [4.69, 9.17) is 4.74 Å². The summed E-state index contributed by atoms with van der Waals surface area (Å²) in [5, 5.41) is 5.80. The van der Waals surface area contributed by atoms with Crippen LogP contribution in [0.1, 0.15) is 101 Å². The molecule has 0 saturated heterocycles. The minimum Gasteiger partial charge on any atom is -0.444 e. The molecule has 0 radical (unpaired) electrons. The minimum atomic E-state index is -0.880. The Balaban J connectivity index is 2.45. The molecule has 2 aromatic carbocycles. The second-order valence-electron chi connectivity index (χ2n) is 11.7. The van der Waals surface area contributed by atoms with Gasteiger partial charge in [-0.25, -0.2) is 4.79 Å². The molecular weight excluding hydrogens is 502 g/mol. The maximum Gasteiger partial charge on any atom is 0.408 e. The van der Waals surface area contributed by atoms with Crippen molar-refractivity contribution < 1.29 is 19.1 Å². The summed E-state index contributed by atoms with van der Waals surface area (Å²) in [6.07, 6.45) is 5.61. The molecule has 2 N–H and O–H groups in total. The molecule has 220 valence electrons. The SMILES string of the molecule is CCCCCCCCN(C(=O)C(C)NC(=O)OC(C)(C)C)C(C(=O)Nc1c(C)cccc1C)c1ccccc1C. The number of aryl methyl sites for hydroxylation is 3. The van der Waals surface area contributed by atoms with Crippen LogP contribution in [0.3, 0.4) is 0 Å². The lowest BCUT2D eigenvalue weighted by Crippen LogP contribution is -2.51. The first-order valence-corrected chi connectivity index (χ1v) is 14.6. The van der Waals surface area contributed by atoms with Gasteiger partial charge in [-0.05, 0) is 77.1 Å². The van der Waals surface area contributed by atoms with Gasteiger partial charge in [-0.2, -0.15) is 0 Å². The Morgan fingerprint density at radius 1 is 0.850 bits per heavy atom. The van der Waals surface area contributed by atoms with Crippen molar-refractivity contribution in [3.05, 3.63) is 64.7 Å². The van der Waals surface area contributed by atoms with Crippen LogP contribution in [0.4, 0.5) is 10.5 Å². The fourth-order valence-corrected chi connectivity index (χ4v) is 4.77. The maximum absolute atomic E-state index is 14.1. The number of carbonyl (C=O) groups is 3. The zero-order valence-electron chi connectivity index (χ0n) is 25.7. The number of carbonyl (C=O) groups excluding carboxylic acids is 3. The number of hydrogen-bond acceptors (Lipinski definition) is 4. The summed E-state index contributed by atoms with van der Waals surface area (Å²) in [7, 11) is 0. The largest absolute Gasteiger partial charge is 0.444 e. The summed E-state index contributed by atoms with van der Waals surface area (Å²) < 4.78 is 5.39. The molecule has 0 aliphatic carbocycles. The van der Waals surface area contributed by atoms with Crippen molar-refractivity contribution in [3.8, 4) is 0 Å². The Morgan fingerprint density at radius 2 is 1.43 bits per heavy atom. The summed E-state index contributed by atoms with van der Waals surface area (Å²) in [4.78, 5) is 42.3. The van der Waals surface area contributed by atoms with E-state index in [0.717, 1.165) is 60.0 Å². The lowest BCUT2D eigenvalue weighted by molar-refractivity contribution is -0.140. The summed E-state index contributed by atoms with van der Waals surface area (Å²) in [5.41, 5.74) is 3.63.